The third kappa shape index (κ3) is 2.11. The van der Waals surface area contributed by atoms with Crippen molar-refractivity contribution in [3.63, 3.8) is 0 Å². The van der Waals surface area contributed by atoms with Gasteiger partial charge in [-0.25, -0.2) is 4.39 Å². The highest BCUT2D eigenvalue weighted by Gasteiger charge is 2.06. The highest BCUT2D eigenvalue weighted by molar-refractivity contribution is 6.42. The van der Waals surface area contributed by atoms with Crippen LogP contribution < -0.4 is 0 Å². The maximum Gasteiger partial charge on any atom is 0.143 e. The predicted octanol–water partition coefficient (Wildman–Crippen LogP) is 4.09. The molecule has 0 aliphatic rings. The Balaban J connectivity index is 3.04. The molecular formula is C9H9Cl2F. The van der Waals surface area contributed by atoms with Crippen LogP contribution in [0, 0.1) is 5.82 Å². The molecule has 0 fully saturated rings. The molecule has 1 rings (SSSR count). The van der Waals surface area contributed by atoms with Gasteiger partial charge in [0.25, 0.3) is 0 Å². The largest absolute Gasteiger partial charge is 0.205 e. The lowest BCUT2D eigenvalue weighted by Crippen LogP contribution is -1.87. The summed E-state index contributed by atoms with van der Waals surface area (Å²) in [5.74, 6) is -0.437. The number of hydrogen-bond acceptors (Lipinski definition) is 0. The number of halogens is 3. The van der Waals surface area contributed by atoms with Gasteiger partial charge in [0.15, 0.2) is 0 Å². The molecule has 0 heterocycles. The van der Waals surface area contributed by atoms with Crippen molar-refractivity contribution in [2.45, 2.75) is 19.8 Å². The van der Waals surface area contributed by atoms with E-state index in [0.717, 1.165) is 18.4 Å². The predicted molar refractivity (Wildman–Crippen MR) is 50.4 cm³/mol. The third-order valence-electron chi connectivity index (χ3n) is 1.58. The number of benzene rings is 1. The molecule has 0 saturated carbocycles. The van der Waals surface area contributed by atoms with E-state index in [1.165, 1.54) is 6.07 Å². The van der Waals surface area contributed by atoms with Gasteiger partial charge in [-0.2, -0.15) is 0 Å². The Kier molecular flexibility index (Phi) is 3.36. The fourth-order valence-electron chi connectivity index (χ4n) is 1.04. The van der Waals surface area contributed by atoms with Gasteiger partial charge in [-0.05, 0) is 24.1 Å². The first-order valence-electron chi connectivity index (χ1n) is 3.78. The SMILES string of the molecule is CCCc1cc(F)c(Cl)c(Cl)c1. The molecule has 0 aromatic heterocycles. The molecular weight excluding hydrogens is 198 g/mol. The Morgan fingerprint density at radius 3 is 2.50 bits per heavy atom. The lowest BCUT2D eigenvalue weighted by Gasteiger charge is -2.02. The van der Waals surface area contributed by atoms with E-state index in [4.69, 9.17) is 23.2 Å². The summed E-state index contributed by atoms with van der Waals surface area (Å²) < 4.78 is 12.9. The monoisotopic (exact) mass is 206 g/mol. The second kappa shape index (κ2) is 4.11. The summed E-state index contributed by atoms with van der Waals surface area (Å²) in [6, 6.07) is 3.13. The second-order valence-electron chi connectivity index (χ2n) is 2.62. The van der Waals surface area contributed by atoms with Gasteiger partial charge >= 0.3 is 0 Å². The first-order chi connectivity index (χ1) is 5.65. The molecule has 66 valence electrons. The molecule has 0 bridgehead atoms. The van der Waals surface area contributed by atoms with E-state index in [9.17, 15) is 4.39 Å². The van der Waals surface area contributed by atoms with Crippen LogP contribution in [0.2, 0.25) is 10.0 Å². The van der Waals surface area contributed by atoms with Crippen molar-refractivity contribution in [2.24, 2.45) is 0 Å². The quantitative estimate of drug-likeness (QED) is 0.640. The lowest BCUT2D eigenvalue weighted by atomic mass is 10.1. The Hall–Kier alpha value is -0.270. The van der Waals surface area contributed by atoms with E-state index in [1.807, 2.05) is 6.92 Å². The first kappa shape index (κ1) is 9.82. The van der Waals surface area contributed by atoms with Crippen molar-refractivity contribution in [1.29, 1.82) is 0 Å². The minimum atomic E-state index is -0.437. The van der Waals surface area contributed by atoms with Crippen molar-refractivity contribution in [2.75, 3.05) is 0 Å². The van der Waals surface area contributed by atoms with E-state index in [0.29, 0.717) is 5.02 Å². The highest BCUT2D eigenvalue weighted by atomic mass is 35.5. The zero-order chi connectivity index (χ0) is 9.14. The molecule has 1 aromatic carbocycles. The van der Waals surface area contributed by atoms with Crippen LogP contribution in [0.3, 0.4) is 0 Å². The van der Waals surface area contributed by atoms with E-state index in [1.54, 1.807) is 6.07 Å². The fourth-order valence-corrected chi connectivity index (χ4v) is 1.38. The van der Waals surface area contributed by atoms with E-state index >= 15 is 0 Å². The number of rotatable bonds is 2. The molecule has 0 radical (unpaired) electrons. The van der Waals surface area contributed by atoms with Crippen molar-refractivity contribution < 1.29 is 4.39 Å². The van der Waals surface area contributed by atoms with Gasteiger partial charge in [0.1, 0.15) is 5.82 Å². The maximum atomic E-state index is 12.9. The topological polar surface area (TPSA) is 0 Å². The second-order valence-corrected chi connectivity index (χ2v) is 3.41. The zero-order valence-electron chi connectivity index (χ0n) is 6.70. The Morgan fingerprint density at radius 1 is 1.33 bits per heavy atom. The molecule has 3 heteroatoms. The summed E-state index contributed by atoms with van der Waals surface area (Å²) in [5, 5.41) is 0.302. The molecule has 0 unspecified atom stereocenters. The normalized spacial score (nSPS) is 10.3. The van der Waals surface area contributed by atoms with Crippen molar-refractivity contribution >= 4 is 23.2 Å². The summed E-state index contributed by atoms with van der Waals surface area (Å²) >= 11 is 11.2. The molecule has 1 aromatic rings. The maximum absolute atomic E-state index is 12.9. The molecule has 0 N–H and O–H groups in total. The van der Waals surface area contributed by atoms with Crippen LogP contribution in [0.25, 0.3) is 0 Å². The number of hydrogen-bond donors (Lipinski definition) is 0. The van der Waals surface area contributed by atoms with Crippen molar-refractivity contribution in [3.8, 4) is 0 Å². The Bertz CT molecular complexity index is 261. The van der Waals surface area contributed by atoms with Gasteiger partial charge in [0, 0.05) is 0 Å². The molecule has 0 aliphatic carbocycles. The zero-order valence-corrected chi connectivity index (χ0v) is 8.21. The van der Waals surface area contributed by atoms with Crippen LogP contribution in [-0.2, 0) is 6.42 Å². The van der Waals surface area contributed by atoms with Gasteiger partial charge in [-0.3, -0.25) is 0 Å². The van der Waals surface area contributed by atoms with Crippen LogP contribution in [0.15, 0.2) is 12.1 Å². The smallest absolute Gasteiger partial charge is 0.143 e. The van der Waals surface area contributed by atoms with Gasteiger partial charge in [0.2, 0.25) is 0 Å². The van der Waals surface area contributed by atoms with E-state index in [-0.39, 0.29) is 5.02 Å². The molecule has 0 spiro atoms. The summed E-state index contributed by atoms with van der Waals surface area (Å²) in [6.45, 7) is 2.03. The average Bonchev–Trinajstić information content (AvgIpc) is 2.01. The van der Waals surface area contributed by atoms with Crippen LogP contribution in [0.4, 0.5) is 4.39 Å². The Labute approximate surface area is 81.3 Å². The molecule has 0 aliphatic heterocycles. The lowest BCUT2D eigenvalue weighted by molar-refractivity contribution is 0.625. The summed E-state index contributed by atoms with van der Waals surface area (Å²) in [5.41, 5.74) is 0.893. The van der Waals surface area contributed by atoms with Gasteiger partial charge in [0.05, 0.1) is 10.0 Å². The minimum absolute atomic E-state index is 0.0107. The van der Waals surface area contributed by atoms with Crippen LogP contribution >= 0.6 is 23.2 Å². The molecule has 0 atom stereocenters. The average molecular weight is 207 g/mol. The highest BCUT2D eigenvalue weighted by Crippen LogP contribution is 2.26. The standard InChI is InChI=1S/C9H9Cl2F/c1-2-3-6-4-7(10)9(11)8(12)5-6/h4-5H,2-3H2,1H3. The summed E-state index contributed by atoms with van der Waals surface area (Å²) in [4.78, 5) is 0. The summed E-state index contributed by atoms with van der Waals surface area (Å²) in [7, 11) is 0. The molecule has 0 nitrogen and oxygen atoms in total. The Morgan fingerprint density at radius 2 is 2.00 bits per heavy atom. The molecule has 12 heavy (non-hydrogen) atoms. The van der Waals surface area contributed by atoms with Crippen LogP contribution in [0.1, 0.15) is 18.9 Å². The van der Waals surface area contributed by atoms with E-state index < -0.39 is 5.82 Å². The third-order valence-corrected chi connectivity index (χ3v) is 2.36. The van der Waals surface area contributed by atoms with Gasteiger partial charge < -0.3 is 0 Å². The number of aryl methyl sites for hydroxylation is 1. The fraction of sp³-hybridized carbons (Fsp3) is 0.333. The van der Waals surface area contributed by atoms with Gasteiger partial charge in [-0.15, -0.1) is 0 Å². The first-order valence-corrected chi connectivity index (χ1v) is 4.54. The molecule has 0 saturated heterocycles. The molecule has 0 amide bonds. The minimum Gasteiger partial charge on any atom is -0.205 e. The van der Waals surface area contributed by atoms with E-state index in [2.05, 4.69) is 0 Å². The van der Waals surface area contributed by atoms with Crippen LogP contribution in [-0.4, -0.2) is 0 Å². The van der Waals surface area contributed by atoms with Crippen molar-refractivity contribution in [1.82, 2.24) is 0 Å². The van der Waals surface area contributed by atoms with Crippen molar-refractivity contribution in [3.05, 3.63) is 33.6 Å². The summed E-state index contributed by atoms with van der Waals surface area (Å²) in [6.07, 6.45) is 1.80. The van der Waals surface area contributed by atoms with Crippen LogP contribution in [0.5, 0.6) is 0 Å². The van der Waals surface area contributed by atoms with Gasteiger partial charge in [-0.1, -0.05) is 36.5 Å².